The van der Waals surface area contributed by atoms with Gasteiger partial charge in [-0.25, -0.2) is 14.4 Å². The molecule has 204 valence electrons. The average molecular weight is 548 g/mol. The standard InChI is InChI=1S/C32H26FN5O3/c1-34-30(40)25-24-17-23(26-22(10-15-35-26)28(24)41-27(25)18-6-8-21(33)9-7-18)19-4-2-5-20(16-19)29(39)38-32(11-12-32)31-36-13-3-14-37-31/h2-9,13-14,16-17,35H,10-12,15H2,1H3,(H,34,40)(H,38,39). The van der Waals surface area contributed by atoms with Gasteiger partial charge < -0.3 is 20.4 Å². The molecule has 1 aliphatic heterocycles. The number of carbonyl (C=O) groups excluding carboxylic acids is 2. The third-order valence-electron chi connectivity index (χ3n) is 7.85. The van der Waals surface area contributed by atoms with Crippen molar-refractivity contribution in [3.8, 4) is 22.5 Å². The molecule has 1 aliphatic carbocycles. The molecule has 3 N–H and O–H groups in total. The lowest BCUT2D eigenvalue weighted by Gasteiger charge is -2.16. The number of furan rings is 1. The van der Waals surface area contributed by atoms with Crippen molar-refractivity contribution in [2.45, 2.75) is 24.8 Å². The molecule has 0 spiro atoms. The van der Waals surface area contributed by atoms with Crippen LogP contribution in [0.25, 0.3) is 33.4 Å². The first-order valence-electron chi connectivity index (χ1n) is 13.5. The lowest BCUT2D eigenvalue weighted by molar-refractivity contribution is 0.0926. The van der Waals surface area contributed by atoms with Crippen molar-refractivity contribution in [2.75, 3.05) is 18.9 Å². The minimum atomic E-state index is -0.536. The summed E-state index contributed by atoms with van der Waals surface area (Å²) in [6, 6.07) is 17.0. The summed E-state index contributed by atoms with van der Waals surface area (Å²) in [5.41, 5.74) is 5.17. The minimum Gasteiger partial charge on any atom is -0.455 e. The van der Waals surface area contributed by atoms with E-state index in [0.29, 0.717) is 52.2 Å². The van der Waals surface area contributed by atoms with Gasteiger partial charge in [0.05, 0.1) is 5.56 Å². The number of benzene rings is 3. The zero-order valence-electron chi connectivity index (χ0n) is 22.3. The summed E-state index contributed by atoms with van der Waals surface area (Å²) in [4.78, 5) is 35.3. The Morgan fingerprint density at radius 1 is 0.976 bits per heavy atom. The Morgan fingerprint density at radius 2 is 1.76 bits per heavy atom. The van der Waals surface area contributed by atoms with E-state index in [4.69, 9.17) is 4.42 Å². The molecule has 8 nitrogen and oxygen atoms in total. The van der Waals surface area contributed by atoms with Gasteiger partial charge in [0, 0.05) is 59.3 Å². The van der Waals surface area contributed by atoms with Crippen LogP contribution < -0.4 is 16.0 Å². The van der Waals surface area contributed by atoms with Gasteiger partial charge in [0.1, 0.15) is 22.7 Å². The second-order valence-corrected chi connectivity index (χ2v) is 10.4. The van der Waals surface area contributed by atoms with Crippen LogP contribution in [0.15, 0.2) is 77.5 Å². The number of halogens is 1. The number of amides is 2. The molecule has 2 aliphatic rings. The van der Waals surface area contributed by atoms with Gasteiger partial charge in [-0.3, -0.25) is 9.59 Å². The summed E-state index contributed by atoms with van der Waals surface area (Å²) in [7, 11) is 1.57. The highest BCUT2D eigenvalue weighted by Crippen LogP contribution is 2.46. The van der Waals surface area contributed by atoms with E-state index in [9.17, 15) is 14.0 Å². The van der Waals surface area contributed by atoms with Crippen LogP contribution in [0.2, 0.25) is 0 Å². The molecule has 41 heavy (non-hydrogen) atoms. The van der Waals surface area contributed by atoms with Gasteiger partial charge in [0.15, 0.2) is 5.82 Å². The molecule has 0 bridgehead atoms. The van der Waals surface area contributed by atoms with Crippen LogP contribution in [0.1, 0.15) is 44.9 Å². The number of nitrogens with one attached hydrogen (secondary N) is 3. The first-order valence-corrected chi connectivity index (χ1v) is 13.5. The topological polar surface area (TPSA) is 109 Å². The number of fused-ring (bicyclic) bond motifs is 3. The summed E-state index contributed by atoms with van der Waals surface area (Å²) in [5.74, 6) is 0.139. The van der Waals surface area contributed by atoms with Crippen LogP contribution in [-0.2, 0) is 12.0 Å². The van der Waals surface area contributed by atoms with Gasteiger partial charge in [0.2, 0.25) is 0 Å². The predicted molar refractivity (Wildman–Crippen MR) is 153 cm³/mol. The molecule has 0 unspecified atom stereocenters. The van der Waals surface area contributed by atoms with E-state index in [-0.39, 0.29) is 17.6 Å². The molecule has 7 rings (SSSR count). The summed E-state index contributed by atoms with van der Waals surface area (Å²) in [5, 5.41) is 10.00. The van der Waals surface area contributed by atoms with E-state index >= 15 is 0 Å². The van der Waals surface area contributed by atoms with Gasteiger partial charge in [-0.05, 0) is 73.4 Å². The molecule has 2 aromatic heterocycles. The van der Waals surface area contributed by atoms with Crippen LogP contribution in [0.5, 0.6) is 0 Å². The lowest BCUT2D eigenvalue weighted by atomic mass is 9.94. The number of hydrogen-bond donors (Lipinski definition) is 3. The Labute approximate surface area is 235 Å². The van der Waals surface area contributed by atoms with Crippen LogP contribution in [0.4, 0.5) is 10.1 Å². The van der Waals surface area contributed by atoms with Crippen LogP contribution in [0.3, 0.4) is 0 Å². The summed E-state index contributed by atoms with van der Waals surface area (Å²) >= 11 is 0. The Hall–Kier alpha value is -5.05. The number of rotatable bonds is 6. The molecule has 0 saturated heterocycles. The fourth-order valence-electron chi connectivity index (χ4n) is 5.63. The van der Waals surface area contributed by atoms with Crippen molar-refractivity contribution in [1.29, 1.82) is 0 Å². The number of carbonyl (C=O) groups is 2. The highest BCUT2D eigenvalue weighted by molar-refractivity contribution is 6.14. The van der Waals surface area contributed by atoms with Gasteiger partial charge in [0.25, 0.3) is 11.8 Å². The Kier molecular flexibility index (Phi) is 5.81. The highest BCUT2D eigenvalue weighted by atomic mass is 19.1. The SMILES string of the molecule is CNC(=O)c1c(-c2ccc(F)cc2)oc2c3c(c(-c4cccc(C(=O)NC5(c6ncccn6)CC5)c4)cc12)NCC3. The Balaban J connectivity index is 1.32. The highest BCUT2D eigenvalue weighted by Gasteiger charge is 2.48. The lowest BCUT2D eigenvalue weighted by Crippen LogP contribution is -2.36. The minimum absolute atomic E-state index is 0.199. The Bertz CT molecular complexity index is 1830. The van der Waals surface area contributed by atoms with E-state index in [0.717, 1.165) is 35.2 Å². The summed E-state index contributed by atoms with van der Waals surface area (Å²) < 4.78 is 20.0. The number of nitrogens with zero attached hydrogens (tertiary/aromatic N) is 2. The molecule has 0 atom stereocenters. The van der Waals surface area contributed by atoms with Crippen molar-refractivity contribution >= 4 is 28.5 Å². The van der Waals surface area contributed by atoms with Gasteiger partial charge >= 0.3 is 0 Å². The van der Waals surface area contributed by atoms with Crippen molar-refractivity contribution in [3.05, 3.63) is 101 Å². The molecule has 3 heterocycles. The van der Waals surface area contributed by atoms with Crippen molar-refractivity contribution in [2.24, 2.45) is 0 Å². The molecular weight excluding hydrogens is 521 g/mol. The normalized spacial score (nSPS) is 14.8. The van der Waals surface area contributed by atoms with Crippen LogP contribution in [-0.4, -0.2) is 35.4 Å². The van der Waals surface area contributed by atoms with E-state index < -0.39 is 5.54 Å². The second-order valence-electron chi connectivity index (χ2n) is 10.4. The maximum Gasteiger partial charge on any atom is 0.255 e. The number of aromatic nitrogens is 2. The number of hydrogen-bond acceptors (Lipinski definition) is 6. The molecule has 5 aromatic rings. The van der Waals surface area contributed by atoms with E-state index in [2.05, 4.69) is 25.9 Å². The molecule has 1 saturated carbocycles. The van der Waals surface area contributed by atoms with Gasteiger partial charge in [-0.15, -0.1) is 0 Å². The molecular formula is C32H26FN5O3. The fourth-order valence-corrected chi connectivity index (χ4v) is 5.63. The first kappa shape index (κ1) is 25.0. The van der Waals surface area contributed by atoms with Crippen molar-refractivity contribution in [3.63, 3.8) is 0 Å². The van der Waals surface area contributed by atoms with Crippen LogP contribution >= 0.6 is 0 Å². The van der Waals surface area contributed by atoms with E-state index in [1.807, 2.05) is 24.3 Å². The summed E-state index contributed by atoms with van der Waals surface area (Å²) in [6.07, 6.45) is 5.65. The van der Waals surface area contributed by atoms with Crippen molar-refractivity contribution < 1.29 is 18.4 Å². The molecule has 0 radical (unpaired) electrons. The smallest absolute Gasteiger partial charge is 0.255 e. The third-order valence-corrected chi connectivity index (χ3v) is 7.85. The fraction of sp³-hybridized carbons (Fsp3) is 0.188. The maximum atomic E-state index is 13.7. The maximum absolute atomic E-state index is 13.7. The molecule has 2 amide bonds. The zero-order valence-corrected chi connectivity index (χ0v) is 22.3. The third kappa shape index (κ3) is 4.21. The van der Waals surface area contributed by atoms with E-state index in [1.165, 1.54) is 12.1 Å². The van der Waals surface area contributed by atoms with Gasteiger partial charge in [-0.2, -0.15) is 0 Å². The first-order chi connectivity index (χ1) is 20.0. The molecule has 3 aromatic carbocycles. The van der Waals surface area contributed by atoms with E-state index in [1.54, 1.807) is 43.7 Å². The summed E-state index contributed by atoms with van der Waals surface area (Å²) in [6.45, 7) is 0.711. The molecule has 1 fully saturated rings. The monoisotopic (exact) mass is 547 g/mol. The Morgan fingerprint density at radius 3 is 2.49 bits per heavy atom. The quantitative estimate of drug-likeness (QED) is 0.261. The number of anilines is 1. The second kappa shape index (κ2) is 9.55. The van der Waals surface area contributed by atoms with Crippen molar-refractivity contribution in [1.82, 2.24) is 20.6 Å². The zero-order chi connectivity index (χ0) is 28.1. The predicted octanol–water partition coefficient (Wildman–Crippen LogP) is 5.44. The largest absolute Gasteiger partial charge is 0.455 e. The average Bonchev–Trinajstić information content (AvgIpc) is 3.44. The molecule has 9 heteroatoms. The van der Waals surface area contributed by atoms with Crippen LogP contribution in [0, 0.1) is 5.82 Å². The van der Waals surface area contributed by atoms with Gasteiger partial charge in [-0.1, -0.05) is 12.1 Å².